The number of furan rings is 1. The summed E-state index contributed by atoms with van der Waals surface area (Å²) in [5.74, 6) is -0.992. The van der Waals surface area contributed by atoms with Gasteiger partial charge >= 0.3 is 0 Å². The fourth-order valence-corrected chi connectivity index (χ4v) is 2.86. The molecule has 128 valence electrons. The standard InChI is InChI=1S/C16H19N3O4S/c1-11-5-7-24-13(11)10-19(2)15(21)9-17-14(20)8-18-16(22)12-4-3-6-23-12/h3-7H,8-10H2,1-2H3,(H,17,20)(H,18,22). The molecule has 8 heteroatoms. The number of amides is 3. The Labute approximate surface area is 143 Å². The number of hydrogen-bond acceptors (Lipinski definition) is 5. The highest BCUT2D eigenvalue weighted by atomic mass is 32.1. The first-order valence-corrected chi connectivity index (χ1v) is 8.20. The van der Waals surface area contributed by atoms with Gasteiger partial charge in [-0.2, -0.15) is 0 Å². The minimum absolute atomic E-state index is 0.115. The number of thiophene rings is 1. The molecule has 2 aromatic heterocycles. The fourth-order valence-electron chi connectivity index (χ4n) is 1.90. The second kappa shape index (κ2) is 8.30. The summed E-state index contributed by atoms with van der Waals surface area (Å²) in [5.41, 5.74) is 1.14. The van der Waals surface area contributed by atoms with E-state index < -0.39 is 11.8 Å². The molecule has 2 rings (SSSR count). The molecule has 24 heavy (non-hydrogen) atoms. The molecule has 0 radical (unpaired) electrons. The number of carbonyl (C=O) groups excluding carboxylic acids is 3. The van der Waals surface area contributed by atoms with Crippen LogP contribution < -0.4 is 10.6 Å². The van der Waals surface area contributed by atoms with E-state index in [0.717, 1.165) is 10.4 Å². The third-order valence-corrected chi connectivity index (χ3v) is 4.37. The van der Waals surface area contributed by atoms with Crippen LogP contribution in [-0.2, 0) is 16.1 Å². The van der Waals surface area contributed by atoms with Crippen LogP contribution in [0.25, 0.3) is 0 Å². The summed E-state index contributed by atoms with van der Waals surface area (Å²) in [6, 6.07) is 5.08. The van der Waals surface area contributed by atoms with Gasteiger partial charge in [0.25, 0.3) is 5.91 Å². The van der Waals surface area contributed by atoms with Gasteiger partial charge in [0.15, 0.2) is 5.76 Å². The summed E-state index contributed by atoms with van der Waals surface area (Å²) in [4.78, 5) is 38.0. The average molecular weight is 349 g/mol. The van der Waals surface area contributed by atoms with Crippen LogP contribution in [0.15, 0.2) is 34.3 Å². The Morgan fingerprint density at radius 1 is 1.21 bits per heavy atom. The van der Waals surface area contributed by atoms with Gasteiger partial charge in [0.1, 0.15) is 0 Å². The zero-order valence-corrected chi connectivity index (χ0v) is 14.3. The van der Waals surface area contributed by atoms with Crippen LogP contribution in [-0.4, -0.2) is 42.8 Å². The van der Waals surface area contributed by atoms with E-state index in [4.69, 9.17) is 4.42 Å². The molecule has 0 aromatic carbocycles. The van der Waals surface area contributed by atoms with Crippen molar-refractivity contribution in [3.05, 3.63) is 46.0 Å². The Balaban J connectivity index is 1.70. The lowest BCUT2D eigenvalue weighted by Gasteiger charge is -2.17. The monoisotopic (exact) mass is 349 g/mol. The van der Waals surface area contributed by atoms with E-state index in [-0.39, 0.29) is 24.8 Å². The molecular formula is C16H19N3O4S. The molecule has 7 nitrogen and oxygen atoms in total. The van der Waals surface area contributed by atoms with Gasteiger partial charge in [-0.05, 0) is 36.1 Å². The molecule has 0 saturated carbocycles. The zero-order chi connectivity index (χ0) is 17.5. The number of rotatable bonds is 7. The maximum Gasteiger partial charge on any atom is 0.287 e. The van der Waals surface area contributed by atoms with Gasteiger partial charge in [-0.25, -0.2) is 0 Å². The van der Waals surface area contributed by atoms with Crippen LogP contribution in [0.1, 0.15) is 21.0 Å². The summed E-state index contributed by atoms with van der Waals surface area (Å²) < 4.78 is 4.91. The van der Waals surface area contributed by atoms with Crippen molar-refractivity contribution in [2.45, 2.75) is 13.5 Å². The smallest absolute Gasteiger partial charge is 0.287 e. The van der Waals surface area contributed by atoms with E-state index in [9.17, 15) is 14.4 Å². The predicted molar refractivity (Wildman–Crippen MR) is 89.6 cm³/mol. The Morgan fingerprint density at radius 2 is 2.00 bits per heavy atom. The Bertz CT molecular complexity index is 709. The van der Waals surface area contributed by atoms with Gasteiger partial charge in [0.2, 0.25) is 11.8 Å². The molecule has 0 aliphatic carbocycles. The second-order valence-electron chi connectivity index (χ2n) is 5.21. The Hall–Kier alpha value is -2.61. The molecule has 2 heterocycles. The normalized spacial score (nSPS) is 10.2. The molecule has 0 atom stereocenters. The summed E-state index contributed by atoms with van der Waals surface area (Å²) in [7, 11) is 1.69. The van der Waals surface area contributed by atoms with E-state index in [1.807, 2.05) is 18.4 Å². The Morgan fingerprint density at radius 3 is 2.62 bits per heavy atom. The summed E-state index contributed by atoms with van der Waals surface area (Å²) in [6.07, 6.45) is 1.37. The lowest BCUT2D eigenvalue weighted by atomic mass is 10.3. The quantitative estimate of drug-likeness (QED) is 0.784. The molecule has 0 aliphatic heterocycles. The van der Waals surface area contributed by atoms with Crippen LogP contribution in [0, 0.1) is 6.92 Å². The molecule has 0 unspecified atom stereocenters. The molecule has 0 spiro atoms. The van der Waals surface area contributed by atoms with Gasteiger partial charge in [-0.3, -0.25) is 14.4 Å². The number of nitrogens with one attached hydrogen (secondary N) is 2. The molecule has 0 bridgehead atoms. The van der Waals surface area contributed by atoms with Crippen molar-refractivity contribution in [1.29, 1.82) is 0 Å². The maximum atomic E-state index is 12.0. The minimum Gasteiger partial charge on any atom is -0.459 e. The molecule has 0 fully saturated rings. The van der Waals surface area contributed by atoms with Crippen molar-refractivity contribution in [2.75, 3.05) is 20.1 Å². The number of aryl methyl sites for hydroxylation is 1. The summed E-state index contributed by atoms with van der Waals surface area (Å²) in [6.45, 7) is 2.16. The molecular weight excluding hydrogens is 330 g/mol. The van der Waals surface area contributed by atoms with Crippen LogP contribution in [0.4, 0.5) is 0 Å². The molecule has 2 aromatic rings. The van der Waals surface area contributed by atoms with Gasteiger partial charge in [0, 0.05) is 11.9 Å². The van der Waals surface area contributed by atoms with Crippen molar-refractivity contribution in [2.24, 2.45) is 0 Å². The summed E-state index contributed by atoms with van der Waals surface area (Å²) in [5, 5.41) is 6.88. The van der Waals surface area contributed by atoms with Crippen molar-refractivity contribution in [1.82, 2.24) is 15.5 Å². The molecule has 2 N–H and O–H groups in total. The van der Waals surface area contributed by atoms with E-state index in [2.05, 4.69) is 10.6 Å². The molecule has 0 aliphatic rings. The van der Waals surface area contributed by atoms with Gasteiger partial charge in [-0.15, -0.1) is 11.3 Å². The number of likely N-dealkylation sites (N-methyl/N-ethyl adjacent to an activating group) is 1. The van der Waals surface area contributed by atoms with Crippen molar-refractivity contribution in [3.8, 4) is 0 Å². The fraction of sp³-hybridized carbons (Fsp3) is 0.312. The maximum absolute atomic E-state index is 12.0. The lowest BCUT2D eigenvalue weighted by molar-refractivity contribution is -0.132. The molecule has 0 saturated heterocycles. The van der Waals surface area contributed by atoms with E-state index in [1.54, 1.807) is 29.4 Å². The first kappa shape index (κ1) is 17.7. The highest BCUT2D eigenvalue weighted by Crippen LogP contribution is 2.17. The largest absolute Gasteiger partial charge is 0.459 e. The third kappa shape index (κ3) is 4.95. The first-order chi connectivity index (χ1) is 11.5. The second-order valence-corrected chi connectivity index (χ2v) is 6.21. The molecule has 3 amide bonds. The van der Waals surface area contributed by atoms with Crippen LogP contribution >= 0.6 is 11.3 Å². The summed E-state index contributed by atoms with van der Waals surface area (Å²) >= 11 is 1.59. The topological polar surface area (TPSA) is 91.7 Å². The average Bonchev–Trinajstić information content (AvgIpc) is 3.22. The van der Waals surface area contributed by atoms with Crippen molar-refractivity contribution >= 4 is 29.1 Å². The van der Waals surface area contributed by atoms with Crippen LogP contribution in [0.2, 0.25) is 0 Å². The SMILES string of the molecule is Cc1ccsc1CN(C)C(=O)CNC(=O)CNC(=O)c1ccco1. The van der Waals surface area contributed by atoms with Crippen molar-refractivity contribution in [3.63, 3.8) is 0 Å². The minimum atomic E-state index is -0.480. The van der Waals surface area contributed by atoms with Crippen LogP contribution in [0.3, 0.4) is 0 Å². The van der Waals surface area contributed by atoms with Gasteiger partial charge < -0.3 is 20.0 Å². The van der Waals surface area contributed by atoms with Crippen LogP contribution in [0.5, 0.6) is 0 Å². The van der Waals surface area contributed by atoms with E-state index in [1.165, 1.54) is 12.3 Å². The number of carbonyl (C=O) groups is 3. The van der Waals surface area contributed by atoms with E-state index in [0.29, 0.717) is 6.54 Å². The first-order valence-electron chi connectivity index (χ1n) is 7.32. The highest BCUT2D eigenvalue weighted by molar-refractivity contribution is 7.10. The van der Waals surface area contributed by atoms with Crippen molar-refractivity contribution < 1.29 is 18.8 Å². The number of nitrogens with zero attached hydrogens (tertiary/aromatic N) is 1. The van der Waals surface area contributed by atoms with E-state index >= 15 is 0 Å². The third-order valence-electron chi connectivity index (χ3n) is 3.37. The lowest BCUT2D eigenvalue weighted by Crippen LogP contribution is -2.42. The predicted octanol–water partition coefficient (Wildman–Crippen LogP) is 1.15. The number of hydrogen-bond donors (Lipinski definition) is 2. The highest BCUT2D eigenvalue weighted by Gasteiger charge is 2.14. The van der Waals surface area contributed by atoms with Gasteiger partial charge in [-0.1, -0.05) is 0 Å². The zero-order valence-electron chi connectivity index (χ0n) is 13.5. The van der Waals surface area contributed by atoms with Gasteiger partial charge in [0.05, 0.1) is 25.9 Å². The Kier molecular flexibility index (Phi) is 6.14.